The number of hydrogen-bond donors (Lipinski definition) is 0. The highest BCUT2D eigenvalue weighted by Crippen LogP contribution is 2.32. The van der Waals surface area contributed by atoms with Gasteiger partial charge in [0, 0.05) is 17.0 Å². The number of Topliss-reactive ketones (excluding diaryl/α,β-unsaturated/α-hetero) is 1. The van der Waals surface area contributed by atoms with Crippen molar-refractivity contribution in [3.8, 4) is 11.4 Å². The van der Waals surface area contributed by atoms with Crippen LogP contribution in [0, 0.1) is 0 Å². The molecular weight excluding hydrogens is 547 g/mol. The fraction of sp³-hybridized carbons (Fsp3) is 0.241. The van der Waals surface area contributed by atoms with E-state index in [0.717, 1.165) is 10.7 Å². The zero-order chi connectivity index (χ0) is 28.9. The maximum atomic E-state index is 13.4. The van der Waals surface area contributed by atoms with Gasteiger partial charge in [-0.2, -0.15) is 13.2 Å². The van der Waals surface area contributed by atoms with Crippen LogP contribution in [0.3, 0.4) is 0 Å². The molecule has 0 radical (unpaired) electrons. The van der Waals surface area contributed by atoms with Crippen LogP contribution in [0.15, 0.2) is 77.6 Å². The molecular formula is C29H25ClF3N3O4. The van der Waals surface area contributed by atoms with E-state index in [9.17, 15) is 27.6 Å². The Bertz CT molecular complexity index is 1580. The second kappa shape index (κ2) is 12.3. The zero-order valence-corrected chi connectivity index (χ0v) is 22.2. The maximum Gasteiger partial charge on any atom is 0.416 e. The molecule has 3 aromatic carbocycles. The van der Waals surface area contributed by atoms with Gasteiger partial charge in [-0.3, -0.25) is 9.36 Å². The largest absolute Gasteiger partial charge is 0.465 e. The first kappa shape index (κ1) is 28.8. The number of ether oxygens (including phenoxy) is 1. The lowest BCUT2D eigenvalue weighted by molar-refractivity contribution is -0.138. The fourth-order valence-corrected chi connectivity index (χ4v) is 4.46. The van der Waals surface area contributed by atoms with Gasteiger partial charge in [0.15, 0.2) is 11.6 Å². The Morgan fingerprint density at radius 3 is 2.42 bits per heavy atom. The fourth-order valence-electron chi connectivity index (χ4n) is 4.33. The Morgan fingerprint density at radius 1 is 1.00 bits per heavy atom. The van der Waals surface area contributed by atoms with E-state index >= 15 is 0 Å². The van der Waals surface area contributed by atoms with Gasteiger partial charge in [-0.05, 0) is 66.4 Å². The number of aromatic nitrogens is 3. The van der Waals surface area contributed by atoms with Crippen molar-refractivity contribution in [1.29, 1.82) is 0 Å². The summed E-state index contributed by atoms with van der Waals surface area (Å²) in [4.78, 5) is 38.1. The van der Waals surface area contributed by atoms with Crippen LogP contribution in [0.4, 0.5) is 13.2 Å². The SMILES string of the molecule is COC(=O)c1cccc(Cn2c(-c3ccc(Cl)cc3)nn(CC(=O)CCCc3ccccc3C(F)(F)F)c2=O)c1. The van der Waals surface area contributed by atoms with E-state index in [0.29, 0.717) is 21.7 Å². The lowest BCUT2D eigenvalue weighted by atomic mass is 10.0. The first-order chi connectivity index (χ1) is 19.1. The van der Waals surface area contributed by atoms with Gasteiger partial charge >= 0.3 is 17.8 Å². The minimum absolute atomic E-state index is 0.0249. The molecule has 0 unspecified atom stereocenters. The van der Waals surface area contributed by atoms with Crippen molar-refractivity contribution in [2.45, 2.75) is 38.5 Å². The van der Waals surface area contributed by atoms with Crippen LogP contribution in [0.25, 0.3) is 11.4 Å². The summed E-state index contributed by atoms with van der Waals surface area (Å²) >= 11 is 6.02. The summed E-state index contributed by atoms with van der Waals surface area (Å²) in [5.74, 6) is -0.574. The number of rotatable bonds is 10. The smallest absolute Gasteiger partial charge is 0.416 e. The third-order valence-corrected chi connectivity index (χ3v) is 6.52. The molecule has 0 fully saturated rings. The number of hydrogen-bond acceptors (Lipinski definition) is 5. The summed E-state index contributed by atoms with van der Waals surface area (Å²) in [6.07, 6.45) is -4.25. The van der Waals surface area contributed by atoms with Crippen molar-refractivity contribution in [1.82, 2.24) is 14.3 Å². The number of halogens is 4. The molecule has 11 heteroatoms. The van der Waals surface area contributed by atoms with E-state index in [1.54, 1.807) is 48.5 Å². The second-order valence-electron chi connectivity index (χ2n) is 9.10. The van der Waals surface area contributed by atoms with Crippen molar-refractivity contribution in [3.05, 3.63) is 111 Å². The van der Waals surface area contributed by atoms with Crippen LogP contribution in [0.1, 0.15) is 39.9 Å². The topological polar surface area (TPSA) is 83.2 Å². The van der Waals surface area contributed by atoms with Crippen molar-refractivity contribution >= 4 is 23.4 Å². The summed E-state index contributed by atoms with van der Waals surface area (Å²) < 4.78 is 47.0. The molecule has 7 nitrogen and oxygen atoms in total. The first-order valence-corrected chi connectivity index (χ1v) is 12.7. The number of nitrogens with zero attached hydrogens (tertiary/aromatic N) is 3. The molecule has 0 spiro atoms. The summed E-state index contributed by atoms with van der Waals surface area (Å²) in [5, 5.41) is 4.89. The molecule has 0 aliphatic rings. The molecule has 0 bridgehead atoms. The normalized spacial score (nSPS) is 11.4. The van der Waals surface area contributed by atoms with E-state index < -0.39 is 23.4 Å². The summed E-state index contributed by atoms with van der Waals surface area (Å²) in [5.41, 5.74) is 0.375. The predicted octanol–water partition coefficient (Wildman–Crippen LogP) is 5.81. The molecule has 0 saturated heterocycles. The second-order valence-corrected chi connectivity index (χ2v) is 9.53. The predicted molar refractivity (Wildman–Crippen MR) is 143 cm³/mol. The van der Waals surface area contributed by atoms with Gasteiger partial charge in [0.1, 0.15) is 6.54 Å². The van der Waals surface area contributed by atoms with E-state index in [1.165, 1.54) is 29.9 Å². The van der Waals surface area contributed by atoms with E-state index in [1.807, 2.05) is 0 Å². The molecule has 0 saturated carbocycles. The molecule has 0 aliphatic carbocycles. The van der Waals surface area contributed by atoms with E-state index in [4.69, 9.17) is 16.3 Å². The number of benzene rings is 3. The number of ketones is 1. The lowest BCUT2D eigenvalue weighted by Crippen LogP contribution is -2.28. The minimum Gasteiger partial charge on any atom is -0.465 e. The lowest BCUT2D eigenvalue weighted by Gasteiger charge is -2.12. The van der Waals surface area contributed by atoms with Crippen molar-refractivity contribution in [2.24, 2.45) is 0 Å². The summed E-state index contributed by atoms with van der Waals surface area (Å²) in [6.45, 7) is -0.278. The third-order valence-electron chi connectivity index (χ3n) is 6.26. The van der Waals surface area contributed by atoms with Crippen LogP contribution >= 0.6 is 11.6 Å². The highest BCUT2D eigenvalue weighted by Gasteiger charge is 2.32. The molecule has 0 amide bonds. The van der Waals surface area contributed by atoms with Crippen LogP contribution in [-0.4, -0.2) is 33.2 Å². The molecule has 40 heavy (non-hydrogen) atoms. The van der Waals surface area contributed by atoms with Gasteiger partial charge in [0.2, 0.25) is 0 Å². The number of carbonyl (C=O) groups is 2. The Balaban J connectivity index is 1.55. The van der Waals surface area contributed by atoms with Crippen LogP contribution in [0.5, 0.6) is 0 Å². The number of alkyl halides is 3. The molecule has 4 rings (SSSR count). The van der Waals surface area contributed by atoms with Crippen molar-refractivity contribution < 1.29 is 27.5 Å². The average molecular weight is 572 g/mol. The first-order valence-electron chi connectivity index (χ1n) is 12.3. The average Bonchev–Trinajstić information content (AvgIpc) is 3.22. The molecule has 208 valence electrons. The highest BCUT2D eigenvalue weighted by atomic mass is 35.5. The van der Waals surface area contributed by atoms with Gasteiger partial charge in [0.25, 0.3) is 0 Å². The third kappa shape index (κ3) is 6.87. The standard InChI is InChI=1S/C29H25ClF3N3O4/c1-40-27(38)22-9-4-6-19(16-22)17-35-26(21-12-14-23(30)15-13-21)34-36(28(35)39)18-24(37)10-5-8-20-7-2-3-11-25(20)29(31,32)33/h2-4,6-7,9,11-16H,5,8,10,17-18H2,1H3. The minimum atomic E-state index is -4.48. The molecule has 4 aromatic rings. The number of methoxy groups -OCH3 is 1. The molecule has 0 aliphatic heterocycles. The quantitative estimate of drug-likeness (QED) is 0.224. The summed E-state index contributed by atoms with van der Waals surface area (Å²) in [7, 11) is 1.27. The molecule has 1 aromatic heterocycles. The number of aryl methyl sites for hydroxylation is 1. The zero-order valence-electron chi connectivity index (χ0n) is 21.5. The van der Waals surface area contributed by atoms with Crippen molar-refractivity contribution in [3.63, 3.8) is 0 Å². The van der Waals surface area contributed by atoms with E-state index in [2.05, 4.69) is 5.10 Å². The molecule has 0 atom stereocenters. The molecule has 0 N–H and O–H groups in total. The van der Waals surface area contributed by atoms with Gasteiger partial charge in [-0.1, -0.05) is 41.9 Å². The van der Waals surface area contributed by atoms with Crippen LogP contribution in [0.2, 0.25) is 5.02 Å². The maximum absolute atomic E-state index is 13.4. The Morgan fingerprint density at radius 2 is 1.73 bits per heavy atom. The Kier molecular flexibility index (Phi) is 8.89. The molecule has 1 heterocycles. The van der Waals surface area contributed by atoms with Gasteiger partial charge in [-0.25, -0.2) is 14.3 Å². The number of esters is 1. The highest BCUT2D eigenvalue weighted by molar-refractivity contribution is 6.30. The Labute approximate surface area is 232 Å². The Hall–Kier alpha value is -4.18. The van der Waals surface area contributed by atoms with Gasteiger partial charge in [-0.15, -0.1) is 5.10 Å². The van der Waals surface area contributed by atoms with Gasteiger partial charge < -0.3 is 4.74 Å². The number of carbonyl (C=O) groups excluding carboxylic acids is 2. The van der Waals surface area contributed by atoms with Crippen LogP contribution in [-0.2, 0) is 35.2 Å². The monoisotopic (exact) mass is 571 g/mol. The van der Waals surface area contributed by atoms with Crippen molar-refractivity contribution in [2.75, 3.05) is 7.11 Å². The summed E-state index contributed by atoms with van der Waals surface area (Å²) in [6, 6.07) is 18.5. The van der Waals surface area contributed by atoms with Crippen LogP contribution < -0.4 is 5.69 Å². The van der Waals surface area contributed by atoms with E-state index in [-0.39, 0.29) is 49.5 Å². The van der Waals surface area contributed by atoms with Gasteiger partial charge in [0.05, 0.1) is 24.8 Å².